The van der Waals surface area contributed by atoms with Crippen molar-refractivity contribution in [1.29, 1.82) is 0 Å². The molecule has 0 bridgehead atoms. The quantitative estimate of drug-likeness (QED) is 0.846. The fraction of sp³-hybridized carbons (Fsp3) is 0.500. The highest BCUT2D eigenvalue weighted by molar-refractivity contribution is 9.13. The lowest BCUT2D eigenvalue weighted by molar-refractivity contribution is 0.159. The van der Waals surface area contributed by atoms with Gasteiger partial charge in [0.15, 0.2) is 0 Å². The van der Waals surface area contributed by atoms with Gasteiger partial charge in [-0.05, 0) is 68.3 Å². The molecule has 0 aliphatic heterocycles. The molecule has 0 aliphatic carbocycles. The molecular formula is C12H16Br2O. The Morgan fingerprint density at radius 3 is 2.33 bits per heavy atom. The highest BCUT2D eigenvalue weighted by atomic mass is 79.9. The minimum Gasteiger partial charge on any atom is -0.388 e. The molecule has 1 unspecified atom stereocenters. The van der Waals surface area contributed by atoms with Crippen LogP contribution in [0.2, 0.25) is 0 Å². The number of aliphatic hydroxyl groups excluding tert-OH is 1. The summed E-state index contributed by atoms with van der Waals surface area (Å²) < 4.78 is 2.01. The van der Waals surface area contributed by atoms with Gasteiger partial charge in [-0.15, -0.1) is 0 Å². The van der Waals surface area contributed by atoms with Gasteiger partial charge in [-0.25, -0.2) is 0 Å². The van der Waals surface area contributed by atoms with Crippen molar-refractivity contribution in [1.82, 2.24) is 0 Å². The maximum atomic E-state index is 9.95. The fourth-order valence-electron chi connectivity index (χ4n) is 1.38. The van der Waals surface area contributed by atoms with Crippen LogP contribution >= 0.6 is 31.9 Å². The van der Waals surface area contributed by atoms with E-state index in [4.69, 9.17) is 0 Å². The van der Waals surface area contributed by atoms with E-state index in [1.165, 1.54) is 0 Å². The first-order valence-corrected chi connectivity index (χ1v) is 6.72. The van der Waals surface area contributed by atoms with Gasteiger partial charge in [-0.2, -0.15) is 0 Å². The molecule has 1 aromatic rings. The molecule has 0 saturated carbocycles. The molecule has 1 atom stereocenters. The summed E-state index contributed by atoms with van der Waals surface area (Å²) in [6.07, 6.45) is 1.53. The smallest absolute Gasteiger partial charge is 0.0790 e. The summed E-state index contributed by atoms with van der Waals surface area (Å²) in [5, 5.41) is 9.95. The summed E-state index contributed by atoms with van der Waals surface area (Å²) >= 11 is 6.85. The molecule has 0 spiro atoms. The number of rotatable bonds is 4. The topological polar surface area (TPSA) is 20.2 Å². The van der Waals surface area contributed by atoms with E-state index in [1.807, 2.05) is 18.2 Å². The normalized spacial score (nSPS) is 13.2. The summed E-state index contributed by atoms with van der Waals surface area (Å²) in [5.41, 5.74) is 0.978. The molecule has 0 aliphatic rings. The zero-order valence-corrected chi connectivity index (χ0v) is 12.2. The average Bonchev–Trinajstić information content (AvgIpc) is 2.18. The molecule has 84 valence electrons. The van der Waals surface area contributed by atoms with Crippen molar-refractivity contribution in [3.8, 4) is 0 Å². The van der Waals surface area contributed by atoms with Crippen LogP contribution in [-0.2, 0) is 0 Å². The Balaban J connectivity index is 2.65. The van der Waals surface area contributed by atoms with Gasteiger partial charge in [0.1, 0.15) is 0 Å². The summed E-state index contributed by atoms with van der Waals surface area (Å²) in [6.45, 7) is 4.34. The average molecular weight is 336 g/mol. The zero-order valence-electron chi connectivity index (χ0n) is 9.00. The van der Waals surface area contributed by atoms with Gasteiger partial charge in [-0.1, -0.05) is 19.9 Å². The highest BCUT2D eigenvalue weighted by Gasteiger charge is 2.09. The fourth-order valence-corrected chi connectivity index (χ4v) is 2.02. The van der Waals surface area contributed by atoms with Crippen molar-refractivity contribution in [2.24, 2.45) is 5.92 Å². The van der Waals surface area contributed by atoms with Gasteiger partial charge in [0.05, 0.1) is 6.10 Å². The van der Waals surface area contributed by atoms with E-state index < -0.39 is 0 Å². The first-order chi connectivity index (χ1) is 7.00. The first-order valence-electron chi connectivity index (χ1n) is 5.13. The summed E-state index contributed by atoms with van der Waals surface area (Å²) in [5.74, 6) is 0.638. The Morgan fingerprint density at radius 2 is 1.80 bits per heavy atom. The third-order valence-electron chi connectivity index (χ3n) is 2.35. The van der Waals surface area contributed by atoms with Gasteiger partial charge in [0.2, 0.25) is 0 Å². The molecule has 1 rings (SSSR count). The van der Waals surface area contributed by atoms with Crippen molar-refractivity contribution < 1.29 is 5.11 Å². The molecule has 1 N–H and O–H groups in total. The van der Waals surface area contributed by atoms with Gasteiger partial charge in [0.25, 0.3) is 0 Å². The van der Waals surface area contributed by atoms with Crippen LogP contribution in [-0.4, -0.2) is 5.11 Å². The van der Waals surface area contributed by atoms with E-state index in [-0.39, 0.29) is 6.10 Å². The van der Waals surface area contributed by atoms with E-state index in [2.05, 4.69) is 45.7 Å². The van der Waals surface area contributed by atoms with Crippen LogP contribution in [0.15, 0.2) is 27.1 Å². The second-order valence-electron chi connectivity index (χ2n) is 4.16. The van der Waals surface area contributed by atoms with Crippen LogP contribution in [0.4, 0.5) is 0 Å². The van der Waals surface area contributed by atoms with Gasteiger partial charge >= 0.3 is 0 Å². The Labute approximate surface area is 108 Å². The lowest BCUT2D eigenvalue weighted by atomic mass is 10.0. The lowest BCUT2D eigenvalue weighted by Crippen LogP contribution is -1.99. The number of benzene rings is 1. The van der Waals surface area contributed by atoms with Crippen molar-refractivity contribution >= 4 is 31.9 Å². The van der Waals surface area contributed by atoms with Crippen LogP contribution in [0.1, 0.15) is 38.4 Å². The van der Waals surface area contributed by atoms with Gasteiger partial charge in [0, 0.05) is 8.95 Å². The predicted molar refractivity (Wildman–Crippen MR) is 70.9 cm³/mol. The summed E-state index contributed by atoms with van der Waals surface area (Å²) in [7, 11) is 0. The Hall–Kier alpha value is 0.140. The highest BCUT2D eigenvalue weighted by Crippen LogP contribution is 2.28. The Morgan fingerprint density at radius 1 is 1.13 bits per heavy atom. The SMILES string of the molecule is CC(C)CCC(O)c1ccc(Br)c(Br)c1. The molecule has 1 aromatic carbocycles. The number of hydrogen-bond donors (Lipinski definition) is 1. The molecule has 0 fully saturated rings. The molecular weight excluding hydrogens is 320 g/mol. The molecule has 3 heteroatoms. The van der Waals surface area contributed by atoms with Crippen LogP contribution in [0.25, 0.3) is 0 Å². The maximum absolute atomic E-state index is 9.95. The largest absolute Gasteiger partial charge is 0.388 e. The monoisotopic (exact) mass is 334 g/mol. The summed E-state index contributed by atoms with van der Waals surface area (Å²) in [6, 6.07) is 5.88. The van der Waals surface area contributed by atoms with Gasteiger partial charge < -0.3 is 5.11 Å². The van der Waals surface area contributed by atoms with Crippen molar-refractivity contribution in [2.75, 3.05) is 0 Å². The Kier molecular flexibility index (Phi) is 5.30. The summed E-state index contributed by atoms with van der Waals surface area (Å²) in [4.78, 5) is 0. The molecule has 15 heavy (non-hydrogen) atoms. The number of aliphatic hydroxyl groups is 1. The molecule has 0 aromatic heterocycles. The van der Waals surface area contributed by atoms with Crippen molar-refractivity contribution in [2.45, 2.75) is 32.8 Å². The molecule has 0 amide bonds. The minimum atomic E-state index is -0.350. The molecule has 0 radical (unpaired) electrons. The van der Waals surface area contributed by atoms with Crippen molar-refractivity contribution in [3.05, 3.63) is 32.7 Å². The van der Waals surface area contributed by atoms with Crippen LogP contribution in [0, 0.1) is 5.92 Å². The van der Waals surface area contributed by atoms with Crippen LogP contribution < -0.4 is 0 Å². The molecule has 1 nitrogen and oxygen atoms in total. The second kappa shape index (κ2) is 6.02. The minimum absolute atomic E-state index is 0.350. The van der Waals surface area contributed by atoms with E-state index in [0.29, 0.717) is 5.92 Å². The lowest BCUT2D eigenvalue weighted by Gasteiger charge is -2.13. The Bertz CT molecular complexity index is 323. The third kappa shape index (κ3) is 4.25. The molecule has 0 saturated heterocycles. The zero-order chi connectivity index (χ0) is 11.4. The second-order valence-corrected chi connectivity index (χ2v) is 5.87. The predicted octanol–water partition coefficient (Wildman–Crippen LogP) is 4.68. The van der Waals surface area contributed by atoms with E-state index >= 15 is 0 Å². The van der Waals surface area contributed by atoms with Crippen LogP contribution in [0.5, 0.6) is 0 Å². The first kappa shape index (κ1) is 13.2. The molecule has 0 heterocycles. The standard InChI is InChI=1S/C12H16Br2O/c1-8(2)3-6-12(15)9-4-5-10(13)11(14)7-9/h4-5,7-8,12,15H,3,6H2,1-2H3. The van der Waals surface area contributed by atoms with Gasteiger partial charge in [-0.3, -0.25) is 0 Å². The third-order valence-corrected chi connectivity index (χ3v) is 4.23. The number of hydrogen-bond acceptors (Lipinski definition) is 1. The maximum Gasteiger partial charge on any atom is 0.0790 e. The van der Waals surface area contributed by atoms with E-state index in [0.717, 1.165) is 27.4 Å². The van der Waals surface area contributed by atoms with Crippen molar-refractivity contribution in [3.63, 3.8) is 0 Å². The van der Waals surface area contributed by atoms with E-state index in [1.54, 1.807) is 0 Å². The van der Waals surface area contributed by atoms with E-state index in [9.17, 15) is 5.11 Å². The number of halogens is 2. The van der Waals surface area contributed by atoms with Crippen LogP contribution in [0.3, 0.4) is 0 Å².